The number of aryl methyl sites for hydroxylation is 1. The number of nitrogens with zero attached hydrogens (tertiary/aromatic N) is 6. The third-order valence-corrected chi connectivity index (χ3v) is 6.35. The number of nitrogens with one attached hydrogen (secondary N) is 2. The van der Waals surface area contributed by atoms with Crippen molar-refractivity contribution in [2.75, 3.05) is 5.32 Å². The van der Waals surface area contributed by atoms with E-state index in [9.17, 15) is 31.5 Å². The summed E-state index contributed by atoms with van der Waals surface area (Å²) in [5.74, 6) is -6.53. The first-order chi connectivity index (χ1) is 18.7. The molecule has 2 N–H and O–H groups in total. The van der Waals surface area contributed by atoms with Crippen LogP contribution in [0.1, 0.15) is 37.8 Å². The Labute approximate surface area is 245 Å². The molecule has 0 unspecified atom stereocenters. The van der Waals surface area contributed by atoms with Crippen LogP contribution < -0.4 is 8.85 Å². The third kappa shape index (κ3) is 5.87. The van der Waals surface area contributed by atoms with Gasteiger partial charge in [-0.05, 0) is 42.8 Å². The van der Waals surface area contributed by atoms with Crippen molar-refractivity contribution >= 4 is 63.6 Å². The zero-order chi connectivity index (χ0) is 29.4. The van der Waals surface area contributed by atoms with Gasteiger partial charge in [-0.2, -0.15) is 27.1 Å². The number of rotatable bonds is 7. The molecule has 0 aliphatic heterocycles. The molecule has 1 aromatic carbocycles. The van der Waals surface area contributed by atoms with Crippen LogP contribution in [0.15, 0.2) is 42.7 Å². The van der Waals surface area contributed by atoms with Gasteiger partial charge in [-0.25, -0.2) is 14.3 Å². The number of pyridine rings is 1. The van der Waals surface area contributed by atoms with Crippen molar-refractivity contribution < 1.29 is 31.5 Å². The smallest absolute Gasteiger partial charge is 0.320 e. The Kier molecular flexibility index (Phi) is 8.32. The summed E-state index contributed by atoms with van der Waals surface area (Å²) >= 11 is 14.0. The summed E-state index contributed by atoms with van der Waals surface area (Å²) in [6.07, 6.45) is -4.07. The van der Waals surface area contributed by atoms with Crippen LogP contribution in [0.2, 0.25) is 10.0 Å². The van der Waals surface area contributed by atoms with Crippen LogP contribution in [0.4, 0.5) is 27.6 Å². The first kappa shape index (κ1) is 29.6. The molecule has 0 fully saturated rings. The molecule has 0 bridgehead atoms. The number of anilines is 1. The highest BCUT2D eigenvalue weighted by molar-refractivity contribution is 14.1. The molecule has 210 valence electrons. The molecule has 0 spiro atoms. The van der Waals surface area contributed by atoms with E-state index in [1.54, 1.807) is 29.8 Å². The monoisotopic (exact) mass is 714 g/mol. The van der Waals surface area contributed by atoms with Gasteiger partial charge in [0.05, 0.1) is 57.6 Å². The number of benzene rings is 1. The Bertz CT molecular complexity index is 1610. The minimum absolute atomic E-state index is 0.0108. The Morgan fingerprint density at radius 2 is 1.82 bits per heavy atom. The maximum Gasteiger partial charge on any atom is 0.459 e. The van der Waals surface area contributed by atoms with E-state index in [0.717, 1.165) is 4.68 Å². The molecule has 0 saturated carbocycles. The Morgan fingerprint density at radius 3 is 2.48 bits per heavy atom. The zero-order valence-corrected chi connectivity index (χ0v) is 23.4. The fourth-order valence-corrected chi connectivity index (χ4v) is 4.28. The quantitative estimate of drug-likeness (QED) is 0.148. The fourth-order valence-electron chi connectivity index (χ4n) is 3.51. The molecule has 3 aromatic heterocycles. The number of hydrogen-bond donors (Lipinski definition) is 2. The number of carbonyl (C=O) groups is 2. The van der Waals surface area contributed by atoms with Crippen LogP contribution >= 0.6 is 46.1 Å². The number of carbonyl (C=O) groups excluding carboxylic acids is 2. The molecule has 0 aliphatic rings. The van der Waals surface area contributed by atoms with Gasteiger partial charge < -0.3 is 5.32 Å². The Morgan fingerprint density at radius 1 is 1.10 bits per heavy atom. The number of hydrogen-bond acceptors (Lipinski definition) is 6. The molecule has 4 rings (SSSR count). The average molecular weight is 715 g/mol. The lowest BCUT2D eigenvalue weighted by atomic mass is 10.1. The molecule has 0 aliphatic carbocycles. The molecule has 40 heavy (non-hydrogen) atoms. The van der Waals surface area contributed by atoms with E-state index in [4.69, 9.17) is 23.2 Å². The van der Waals surface area contributed by atoms with Crippen molar-refractivity contribution in [2.24, 2.45) is 0 Å². The second-order valence-corrected chi connectivity index (χ2v) is 9.52. The van der Waals surface area contributed by atoms with E-state index < -0.39 is 36.2 Å². The van der Waals surface area contributed by atoms with Gasteiger partial charge in [0.25, 0.3) is 11.8 Å². The molecule has 3 heterocycles. The average Bonchev–Trinajstić information content (AvgIpc) is 3.52. The normalized spacial score (nSPS) is 11.9. The lowest BCUT2D eigenvalue weighted by molar-refractivity contribution is -0.291. The van der Waals surface area contributed by atoms with E-state index in [1.165, 1.54) is 36.5 Å². The fraction of sp³-hybridized carbons (Fsp3) is 0.182. The van der Waals surface area contributed by atoms with E-state index in [-0.39, 0.29) is 38.5 Å². The van der Waals surface area contributed by atoms with Crippen LogP contribution in [0.25, 0.3) is 5.82 Å². The summed E-state index contributed by atoms with van der Waals surface area (Å²) in [4.78, 5) is 30.0. The Balaban J connectivity index is 1.74. The van der Waals surface area contributed by atoms with Crippen LogP contribution in [-0.4, -0.2) is 47.7 Å². The maximum absolute atomic E-state index is 13.7. The summed E-state index contributed by atoms with van der Waals surface area (Å²) < 4.78 is 69.7. The van der Waals surface area contributed by atoms with Gasteiger partial charge in [0.1, 0.15) is 5.69 Å². The molecule has 2 amide bonds. The summed E-state index contributed by atoms with van der Waals surface area (Å²) in [6.45, 7) is 1.17. The molecule has 0 atom stereocenters. The lowest BCUT2D eigenvalue weighted by Gasteiger charge is -2.16. The summed E-state index contributed by atoms with van der Waals surface area (Å²) in [5.41, 5.74) is -1.09. The summed E-state index contributed by atoms with van der Waals surface area (Å²) in [7, 11) is 0. The van der Waals surface area contributed by atoms with E-state index >= 15 is 0 Å². The highest BCUT2D eigenvalue weighted by Crippen LogP contribution is 2.42. The number of aromatic nitrogens is 6. The van der Waals surface area contributed by atoms with Crippen LogP contribution in [0.5, 0.6) is 0 Å². The van der Waals surface area contributed by atoms with Gasteiger partial charge in [0, 0.05) is 11.2 Å². The molecule has 18 heteroatoms. The predicted octanol–water partition coefficient (Wildman–Crippen LogP) is 5.51. The van der Waals surface area contributed by atoms with Gasteiger partial charge in [-0.15, -0.1) is 5.10 Å². The van der Waals surface area contributed by atoms with E-state index in [1.807, 2.05) is 0 Å². The second-order valence-electron chi connectivity index (χ2n) is 8.14. The standard InChI is InChI=1S/C22H14Cl2F5IN8O2/c1-10-5-11(23)6-13(19(39)33-30)17(10)32-20(40)15-7-12(35-38(15)18-14(24)3-2-4-31-18)8-37-9-16(34-36-37)21(25,26)22(27,28)29/h2-7,9H,8H2,1H3,(H,32,40)(H,33,39). The van der Waals surface area contributed by atoms with Gasteiger partial charge in [-0.1, -0.05) is 28.4 Å². The topological polar surface area (TPSA) is 120 Å². The van der Waals surface area contributed by atoms with Crippen molar-refractivity contribution in [3.05, 3.63) is 81.0 Å². The largest absolute Gasteiger partial charge is 0.459 e. The molecule has 10 nitrogen and oxygen atoms in total. The number of amides is 2. The molecule has 0 radical (unpaired) electrons. The van der Waals surface area contributed by atoms with Crippen LogP contribution in [-0.2, 0) is 12.5 Å². The van der Waals surface area contributed by atoms with Crippen LogP contribution in [0, 0.1) is 6.92 Å². The van der Waals surface area contributed by atoms with Gasteiger partial charge >= 0.3 is 12.1 Å². The minimum Gasteiger partial charge on any atom is -0.320 e. The minimum atomic E-state index is -5.87. The van der Waals surface area contributed by atoms with Crippen molar-refractivity contribution in [1.82, 2.24) is 33.3 Å². The molecule has 0 saturated heterocycles. The van der Waals surface area contributed by atoms with Crippen LogP contribution in [0.3, 0.4) is 0 Å². The molecule has 4 aromatic rings. The van der Waals surface area contributed by atoms with E-state index in [2.05, 4.69) is 29.2 Å². The number of alkyl halides is 5. The highest BCUT2D eigenvalue weighted by atomic mass is 127. The third-order valence-electron chi connectivity index (χ3n) is 5.34. The summed E-state index contributed by atoms with van der Waals surface area (Å²) in [5, 5.41) is 13.5. The van der Waals surface area contributed by atoms with Crippen molar-refractivity contribution in [1.29, 1.82) is 0 Å². The van der Waals surface area contributed by atoms with Crippen molar-refractivity contribution in [3.63, 3.8) is 0 Å². The zero-order valence-electron chi connectivity index (χ0n) is 19.8. The van der Waals surface area contributed by atoms with Gasteiger partial charge in [0.2, 0.25) is 0 Å². The first-order valence-electron chi connectivity index (χ1n) is 10.8. The number of halogens is 8. The highest BCUT2D eigenvalue weighted by Gasteiger charge is 2.60. The van der Waals surface area contributed by atoms with Gasteiger partial charge in [-0.3, -0.25) is 13.1 Å². The van der Waals surface area contributed by atoms with Crippen molar-refractivity contribution in [3.8, 4) is 5.82 Å². The maximum atomic E-state index is 13.7. The predicted molar refractivity (Wildman–Crippen MR) is 141 cm³/mol. The lowest BCUT2D eigenvalue weighted by Crippen LogP contribution is -2.34. The van der Waals surface area contributed by atoms with E-state index in [0.29, 0.717) is 16.4 Å². The second kappa shape index (κ2) is 11.2. The molecular weight excluding hydrogens is 701 g/mol. The molecular formula is C22H14Cl2F5IN8O2. The van der Waals surface area contributed by atoms with Gasteiger partial charge in [0.15, 0.2) is 11.5 Å². The Hall–Kier alpha value is -3.38. The summed E-state index contributed by atoms with van der Waals surface area (Å²) in [6, 6.07) is 7.11. The SMILES string of the molecule is Cc1cc(Cl)cc(C(=O)NI)c1NC(=O)c1cc(Cn2cc(C(F)(F)C(F)(F)F)nn2)nn1-c1ncccc1Cl. The first-order valence-corrected chi connectivity index (χ1v) is 12.6. The van der Waals surface area contributed by atoms with Crippen molar-refractivity contribution in [2.45, 2.75) is 25.6 Å².